The quantitative estimate of drug-likeness (QED) is 0.782. The SMILES string of the molecule is NC(=O)[C@@H]1CCCN1CCCNC(=O)c1cc2cc(Cl)ccc2o1. The van der Waals surface area contributed by atoms with E-state index in [1.807, 2.05) is 0 Å². The maximum absolute atomic E-state index is 12.1. The Bertz CT molecular complexity index is 759. The summed E-state index contributed by atoms with van der Waals surface area (Å²) in [5, 5.41) is 4.24. The number of nitrogens with one attached hydrogen (secondary N) is 1. The Hall–Kier alpha value is -2.05. The van der Waals surface area contributed by atoms with Gasteiger partial charge >= 0.3 is 0 Å². The molecule has 3 rings (SSSR count). The molecule has 24 heavy (non-hydrogen) atoms. The lowest BCUT2D eigenvalue weighted by atomic mass is 10.2. The number of nitrogens with two attached hydrogens (primary N) is 1. The van der Waals surface area contributed by atoms with Gasteiger partial charge in [-0.2, -0.15) is 0 Å². The van der Waals surface area contributed by atoms with E-state index in [0.717, 1.165) is 37.7 Å². The number of furan rings is 1. The van der Waals surface area contributed by atoms with Gasteiger partial charge in [0.15, 0.2) is 5.76 Å². The Morgan fingerprint density at radius 1 is 1.38 bits per heavy atom. The van der Waals surface area contributed by atoms with E-state index in [0.29, 0.717) is 17.2 Å². The molecule has 0 aliphatic carbocycles. The van der Waals surface area contributed by atoms with E-state index in [2.05, 4.69) is 10.2 Å². The fourth-order valence-electron chi connectivity index (χ4n) is 3.11. The molecule has 3 N–H and O–H groups in total. The van der Waals surface area contributed by atoms with Crippen LogP contribution in [-0.2, 0) is 4.79 Å². The zero-order chi connectivity index (χ0) is 17.1. The molecule has 0 radical (unpaired) electrons. The maximum atomic E-state index is 12.1. The minimum Gasteiger partial charge on any atom is -0.451 e. The van der Waals surface area contributed by atoms with Gasteiger partial charge in [0, 0.05) is 23.5 Å². The van der Waals surface area contributed by atoms with Gasteiger partial charge in [-0.05, 0) is 50.1 Å². The van der Waals surface area contributed by atoms with Crippen molar-refractivity contribution in [2.45, 2.75) is 25.3 Å². The van der Waals surface area contributed by atoms with Gasteiger partial charge in [0.2, 0.25) is 5.91 Å². The van der Waals surface area contributed by atoms with Crippen LogP contribution < -0.4 is 11.1 Å². The van der Waals surface area contributed by atoms with Gasteiger partial charge in [-0.25, -0.2) is 0 Å². The van der Waals surface area contributed by atoms with Crippen molar-refractivity contribution in [3.8, 4) is 0 Å². The highest BCUT2D eigenvalue weighted by atomic mass is 35.5. The summed E-state index contributed by atoms with van der Waals surface area (Å²) in [6, 6.07) is 6.74. The molecule has 1 aliphatic heterocycles. The van der Waals surface area contributed by atoms with Crippen molar-refractivity contribution >= 4 is 34.4 Å². The predicted octanol–water partition coefficient (Wildman–Crippen LogP) is 2.16. The van der Waals surface area contributed by atoms with Crippen molar-refractivity contribution in [2.75, 3.05) is 19.6 Å². The van der Waals surface area contributed by atoms with Crippen molar-refractivity contribution in [3.05, 3.63) is 35.0 Å². The Morgan fingerprint density at radius 2 is 2.21 bits per heavy atom. The summed E-state index contributed by atoms with van der Waals surface area (Å²) in [4.78, 5) is 25.6. The normalized spacial score (nSPS) is 18.1. The van der Waals surface area contributed by atoms with Crippen molar-refractivity contribution in [3.63, 3.8) is 0 Å². The first kappa shape index (κ1) is 16.8. The Kier molecular flexibility index (Phi) is 5.06. The lowest BCUT2D eigenvalue weighted by molar-refractivity contribution is -0.122. The van der Waals surface area contributed by atoms with Crippen LogP contribution in [0.1, 0.15) is 29.8 Å². The van der Waals surface area contributed by atoms with Crippen LogP contribution in [0.15, 0.2) is 28.7 Å². The molecule has 1 aromatic carbocycles. The van der Waals surface area contributed by atoms with E-state index < -0.39 is 0 Å². The van der Waals surface area contributed by atoms with Crippen LogP contribution in [0, 0.1) is 0 Å². The molecule has 0 saturated carbocycles. The molecule has 128 valence electrons. The number of primary amides is 1. The summed E-state index contributed by atoms with van der Waals surface area (Å²) < 4.78 is 5.52. The first-order valence-electron chi connectivity index (χ1n) is 8.05. The largest absolute Gasteiger partial charge is 0.451 e. The van der Waals surface area contributed by atoms with E-state index in [1.165, 1.54) is 0 Å². The second-order valence-electron chi connectivity index (χ2n) is 6.00. The lowest BCUT2D eigenvalue weighted by Gasteiger charge is -2.21. The average Bonchev–Trinajstić information content (AvgIpc) is 3.17. The van der Waals surface area contributed by atoms with Gasteiger partial charge in [-0.15, -0.1) is 0 Å². The van der Waals surface area contributed by atoms with Crippen molar-refractivity contribution < 1.29 is 14.0 Å². The number of halogens is 1. The molecule has 1 aromatic heterocycles. The van der Waals surface area contributed by atoms with Crippen LogP contribution in [0.25, 0.3) is 11.0 Å². The fraction of sp³-hybridized carbons (Fsp3) is 0.412. The number of likely N-dealkylation sites (tertiary alicyclic amines) is 1. The van der Waals surface area contributed by atoms with Gasteiger partial charge in [-0.3, -0.25) is 14.5 Å². The highest BCUT2D eigenvalue weighted by Crippen LogP contribution is 2.23. The minimum atomic E-state index is -0.266. The molecular formula is C17H20ClN3O3. The smallest absolute Gasteiger partial charge is 0.287 e. The first-order valence-corrected chi connectivity index (χ1v) is 8.43. The molecule has 7 heteroatoms. The molecule has 0 spiro atoms. The highest BCUT2D eigenvalue weighted by molar-refractivity contribution is 6.31. The average molecular weight is 350 g/mol. The second-order valence-corrected chi connectivity index (χ2v) is 6.44. The molecule has 2 heterocycles. The Morgan fingerprint density at radius 3 is 3.00 bits per heavy atom. The second kappa shape index (κ2) is 7.23. The molecular weight excluding hydrogens is 330 g/mol. The van der Waals surface area contributed by atoms with Crippen LogP contribution in [0.5, 0.6) is 0 Å². The van der Waals surface area contributed by atoms with Gasteiger partial charge < -0.3 is 15.5 Å². The number of nitrogens with zero attached hydrogens (tertiary/aromatic N) is 1. The van der Waals surface area contributed by atoms with Crippen molar-refractivity contribution in [1.82, 2.24) is 10.2 Å². The molecule has 2 amide bonds. The van der Waals surface area contributed by atoms with Crippen LogP contribution in [0.2, 0.25) is 5.02 Å². The number of fused-ring (bicyclic) bond motifs is 1. The van der Waals surface area contributed by atoms with Gasteiger partial charge in [-0.1, -0.05) is 11.6 Å². The third kappa shape index (κ3) is 3.71. The molecule has 1 aliphatic rings. The van der Waals surface area contributed by atoms with E-state index in [9.17, 15) is 9.59 Å². The van der Waals surface area contributed by atoms with E-state index in [1.54, 1.807) is 24.3 Å². The standard InChI is InChI=1S/C17H20ClN3O3/c18-12-4-5-14-11(9-12)10-15(24-14)17(23)20-6-2-8-21-7-1-3-13(21)16(19)22/h4-5,9-10,13H,1-3,6-8H2,(H2,19,22)(H,20,23)/t13-/m0/s1. The van der Waals surface area contributed by atoms with Crippen LogP contribution >= 0.6 is 11.6 Å². The number of hydrogen-bond acceptors (Lipinski definition) is 4. The molecule has 2 aromatic rings. The van der Waals surface area contributed by atoms with Crippen LogP contribution in [-0.4, -0.2) is 42.4 Å². The van der Waals surface area contributed by atoms with E-state index in [4.69, 9.17) is 21.8 Å². The summed E-state index contributed by atoms with van der Waals surface area (Å²) in [7, 11) is 0. The number of amides is 2. The minimum absolute atomic E-state index is 0.166. The Labute approximate surface area is 144 Å². The molecule has 6 nitrogen and oxygen atoms in total. The monoisotopic (exact) mass is 349 g/mol. The zero-order valence-corrected chi connectivity index (χ0v) is 14.0. The maximum Gasteiger partial charge on any atom is 0.287 e. The third-order valence-electron chi connectivity index (χ3n) is 4.30. The summed E-state index contributed by atoms with van der Waals surface area (Å²) in [5.74, 6) is -0.254. The predicted molar refractivity (Wildman–Crippen MR) is 92.0 cm³/mol. The molecule has 0 unspecified atom stereocenters. The van der Waals surface area contributed by atoms with Crippen molar-refractivity contribution in [1.29, 1.82) is 0 Å². The molecule has 1 fully saturated rings. The summed E-state index contributed by atoms with van der Waals surface area (Å²) in [6.07, 6.45) is 2.56. The third-order valence-corrected chi connectivity index (χ3v) is 4.54. The van der Waals surface area contributed by atoms with Gasteiger partial charge in [0.05, 0.1) is 6.04 Å². The lowest BCUT2D eigenvalue weighted by Crippen LogP contribution is -2.41. The summed E-state index contributed by atoms with van der Waals surface area (Å²) >= 11 is 5.93. The molecule has 1 atom stereocenters. The zero-order valence-electron chi connectivity index (χ0n) is 13.3. The number of benzene rings is 1. The number of hydrogen-bond donors (Lipinski definition) is 2. The van der Waals surface area contributed by atoms with Gasteiger partial charge in [0.1, 0.15) is 5.58 Å². The summed E-state index contributed by atoms with van der Waals surface area (Å²) in [6.45, 7) is 2.13. The molecule has 0 bridgehead atoms. The topological polar surface area (TPSA) is 88.6 Å². The van der Waals surface area contributed by atoms with Gasteiger partial charge in [0.25, 0.3) is 5.91 Å². The van der Waals surface area contributed by atoms with E-state index >= 15 is 0 Å². The van der Waals surface area contributed by atoms with E-state index in [-0.39, 0.29) is 23.6 Å². The van der Waals surface area contributed by atoms with Crippen LogP contribution in [0.4, 0.5) is 0 Å². The summed E-state index contributed by atoms with van der Waals surface area (Å²) in [5.41, 5.74) is 6.02. The highest BCUT2D eigenvalue weighted by Gasteiger charge is 2.28. The first-order chi connectivity index (χ1) is 11.5. The number of carbonyl (C=O) groups is 2. The van der Waals surface area contributed by atoms with Crippen molar-refractivity contribution in [2.24, 2.45) is 5.73 Å². The number of rotatable bonds is 6. The number of carbonyl (C=O) groups excluding carboxylic acids is 2. The van der Waals surface area contributed by atoms with Crippen LogP contribution in [0.3, 0.4) is 0 Å². The Balaban J connectivity index is 1.49. The fourth-order valence-corrected chi connectivity index (χ4v) is 3.29. The molecule has 1 saturated heterocycles.